The number of tetrazole rings is 1. The molecule has 1 spiro atoms. The predicted molar refractivity (Wildman–Crippen MR) is 99.9 cm³/mol. The molecule has 1 N–H and O–H groups in total. The number of phenolic OH excluding ortho intramolecular Hbond substituents is 1. The van der Waals surface area contributed by atoms with Crippen LogP contribution in [0.15, 0.2) is 24.5 Å². The van der Waals surface area contributed by atoms with Crippen LogP contribution in [0.2, 0.25) is 0 Å². The summed E-state index contributed by atoms with van der Waals surface area (Å²) in [7, 11) is 0. The largest absolute Gasteiger partial charge is 0.507 e. The molecule has 1 aromatic heterocycles. The summed E-state index contributed by atoms with van der Waals surface area (Å²) in [4.78, 5) is 29.0. The minimum Gasteiger partial charge on any atom is -0.507 e. The molecular weight excluding hydrogens is 360 g/mol. The highest BCUT2D eigenvalue weighted by atomic mass is 16.3. The maximum Gasteiger partial charge on any atom is 0.257 e. The number of amides is 2. The first-order valence-electron chi connectivity index (χ1n) is 9.65. The van der Waals surface area contributed by atoms with Crippen molar-refractivity contribution in [2.45, 2.75) is 32.6 Å². The second-order valence-corrected chi connectivity index (χ2v) is 7.69. The molecule has 148 valence electrons. The molecule has 2 aliphatic heterocycles. The van der Waals surface area contributed by atoms with Gasteiger partial charge in [0.05, 0.1) is 11.3 Å². The monoisotopic (exact) mass is 384 g/mol. The van der Waals surface area contributed by atoms with Crippen LogP contribution in [0.25, 0.3) is 5.69 Å². The van der Waals surface area contributed by atoms with Crippen molar-refractivity contribution in [3.63, 3.8) is 0 Å². The highest BCUT2D eigenvalue weighted by molar-refractivity contribution is 5.97. The molecule has 2 amide bonds. The predicted octanol–water partition coefficient (Wildman–Crippen LogP) is 1.23. The number of hydrogen-bond acceptors (Lipinski definition) is 6. The van der Waals surface area contributed by atoms with Gasteiger partial charge in [0.15, 0.2) is 0 Å². The minimum absolute atomic E-state index is 0.0547. The van der Waals surface area contributed by atoms with E-state index in [9.17, 15) is 14.7 Å². The van der Waals surface area contributed by atoms with Crippen molar-refractivity contribution < 1.29 is 14.7 Å². The first-order chi connectivity index (χ1) is 13.5. The molecule has 2 saturated heterocycles. The second kappa shape index (κ2) is 7.21. The van der Waals surface area contributed by atoms with Crippen LogP contribution in [0.3, 0.4) is 0 Å². The van der Waals surface area contributed by atoms with E-state index in [2.05, 4.69) is 15.5 Å². The molecule has 0 unspecified atom stereocenters. The smallest absolute Gasteiger partial charge is 0.257 e. The number of benzene rings is 1. The fraction of sp³-hybridized carbons (Fsp3) is 0.526. The summed E-state index contributed by atoms with van der Waals surface area (Å²) in [5, 5.41) is 21.3. The molecule has 0 aliphatic carbocycles. The molecule has 1 aromatic carbocycles. The maximum absolute atomic E-state index is 13.2. The minimum atomic E-state index is -0.202. The zero-order chi connectivity index (χ0) is 19.7. The highest BCUT2D eigenvalue weighted by Gasteiger charge is 2.42. The van der Waals surface area contributed by atoms with E-state index in [0.717, 1.165) is 19.3 Å². The number of carbonyl (C=O) groups is 2. The molecule has 3 heterocycles. The fourth-order valence-electron chi connectivity index (χ4n) is 4.39. The Morgan fingerprint density at radius 2 is 2.14 bits per heavy atom. The standard InChI is InChI=1S/C19H24N6O3/c1-2-23-11-19(8-6-17(23)27)7-3-9-24(12-19)18(28)15-10-14(4-5-16(15)26)25-13-20-21-22-25/h4-5,10,13,26H,2-3,6-9,11-12H2,1H3/t19-/m0/s1. The maximum atomic E-state index is 13.2. The van der Waals surface area contributed by atoms with Crippen molar-refractivity contribution in [3.05, 3.63) is 30.1 Å². The van der Waals surface area contributed by atoms with E-state index in [4.69, 9.17) is 0 Å². The van der Waals surface area contributed by atoms with Gasteiger partial charge in [0, 0.05) is 38.0 Å². The Morgan fingerprint density at radius 3 is 2.89 bits per heavy atom. The lowest BCUT2D eigenvalue weighted by atomic mass is 9.73. The lowest BCUT2D eigenvalue weighted by molar-refractivity contribution is -0.138. The molecule has 0 radical (unpaired) electrons. The van der Waals surface area contributed by atoms with Crippen LogP contribution in [0, 0.1) is 5.41 Å². The summed E-state index contributed by atoms with van der Waals surface area (Å²) in [6, 6.07) is 4.76. The van der Waals surface area contributed by atoms with Crippen LogP contribution in [-0.4, -0.2) is 73.1 Å². The number of nitrogens with zero attached hydrogens (tertiary/aromatic N) is 6. The van der Waals surface area contributed by atoms with Gasteiger partial charge in [0.2, 0.25) is 5.91 Å². The molecule has 0 saturated carbocycles. The average Bonchev–Trinajstić information content (AvgIpc) is 3.25. The summed E-state index contributed by atoms with van der Waals surface area (Å²) in [6.07, 6.45) is 4.69. The fourth-order valence-corrected chi connectivity index (χ4v) is 4.39. The van der Waals surface area contributed by atoms with Crippen molar-refractivity contribution in [3.8, 4) is 11.4 Å². The summed E-state index contributed by atoms with van der Waals surface area (Å²) in [6.45, 7) is 4.64. The molecule has 9 heteroatoms. The van der Waals surface area contributed by atoms with Gasteiger partial charge in [-0.3, -0.25) is 9.59 Å². The van der Waals surface area contributed by atoms with Gasteiger partial charge in [-0.25, -0.2) is 4.68 Å². The van der Waals surface area contributed by atoms with Gasteiger partial charge in [0.1, 0.15) is 12.1 Å². The van der Waals surface area contributed by atoms with Gasteiger partial charge < -0.3 is 14.9 Å². The Hall–Kier alpha value is -2.97. The quantitative estimate of drug-likeness (QED) is 0.854. The van der Waals surface area contributed by atoms with Gasteiger partial charge >= 0.3 is 0 Å². The molecular formula is C19H24N6O3. The molecule has 1 atom stereocenters. The second-order valence-electron chi connectivity index (χ2n) is 7.69. The Morgan fingerprint density at radius 1 is 1.29 bits per heavy atom. The van der Waals surface area contributed by atoms with Gasteiger partial charge in [-0.1, -0.05) is 0 Å². The molecule has 28 heavy (non-hydrogen) atoms. The van der Waals surface area contributed by atoms with Crippen LogP contribution >= 0.6 is 0 Å². The van der Waals surface area contributed by atoms with Crippen LogP contribution < -0.4 is 0 Å². The van der Waals surface area contributed by atoms with Crippen molar-refractivity contribution in [1.82, 2.24) is 30.0 Å². The number of likely N-dealkylation sites (tertiary alicyclic amines) is 2. The lowest BCUT2D eigenvalue weighted by Gasteiger charge is -2.48. The van der Waals surface area contributed by atoms with Crippen LogP contribution in [-0.2, 0) is 4.79 Å². The summed E-state index contributed by atoms with van der Waals surface area (Å²) < 4.78 is 1.44. The number of rotatable bonds is 3. The zero-order valence-electron chi connectivity index (χ0n) is 15.9. The van der Waals surface area contributed by atoms with Crippen LogP contribution in [0.4, 0.5) is 0 Å². The van der Waals surface area contributed by atoms with Gasteiger partial charge in [-0.05, 0) is 54.8 Å². The lowest BCUT2D eigenvalue weighted by Crippen LogP contribution is -2.55. The number of phenols is 1. The normalized spacial score (nSPS) is 22.7. The molecule has 2 aromatic rings. The average molecular weight is 384 g/mol. The Kier molecular flexibility index (Phi) is 4.74. The van der Waals surface area contributed by atoms with Crippen molar-refractivity contribution in [1.29, 1.82) is 0 Å². The molecule has 2 fully saturated rings. The molecule has 2 aliphatic rings. The van der Waals surface area contributed by atoms with Crippen molar-refractivity contribution in [2.24, 2.45) is 5.41 Å². The third kappa shape index (κ3) is 3.32. The van der Waals surface area contributed by atoms with Gasteiger partial charge in [-0.15, -0.1) is 5.10 Å². The Labute approximate surface area is 162 Å². The topological polar surface area (TPSA) is 104 Å². The van der Waals surface area contributed by atoms with Gasteiger partial charge in [-0.2, -0.15) is 0 Å². The Bertz CT molecular complexity index is 884. The van der Waals surface area contributed by atoms with Crippen LogP contribution in [0.5, 0.6) is 5.75 Å². The third-order valence-electron chi connectivity index (χ3n) is 5.90. The molecule has 9 nitrogen and oxygen atoms in total. The van der Waals surface area contributed by atoms with E-state index < -0.39 is 0 Å². The van der Waals surface area contributed by atoms with E-state index in [-0.39, 0.29) is 28.5 Å². The first kappa shape index (κ1) is 18.4. The van der Waals surface area contributed by atoms with E-state index in [0.29, 0.717) is 38.3 Å². The third-order valence-corrected chi connectivity index (χ3v) is 5.90. The van der Waals surface area contributed by atoms with E-state index in [1.807, 2.05) is 16.7 Å². The number of hydrogen-bond donors (Lipinski definition) is 1. The molecule has 0 bridgehead atoms. The number of carbonyl (C=O) groups excluding carboxylic acids is 2. The number of piperidine rings is 2. The van der Waals surface area contributed by atoms with Crippen molar-refractivity contribution in [2.75, 3.05) is 26.2 Å². The number of aromatic hydroxyl groups is 1. The Balaban J connectivity index is 1.57. The summed E-state index contributed by atoms with van der Waals surface area (Å²) in [5.41, 5.74) is 0.795. The van der Waals surface area contributed by atoms with E-state index >= 15 is 0 Å². The van der Waals surface area contributed by atoms with E-state index in [1.165, 1.54) is 17.1 Å². The highest BCUT2D eigenvalue weighted by Crippen LogP contribution is 2.39. The summed E-state index contributed by atoms with van der Waals surface area (Å²) in [5.74, 6) is -0.0646. The zero-order valence-corrected chi connectivity index (χ0v) is 15.9. The molecule has 4 rings (SSSR count). The van der Waals surface area contributed by atoms with Gasteiger partial charge in [0.25, 0.3) is 5.91 Å². The SMILES string of the molecule is CCN1C[C@]2(CCCN(C(=O)c3cc(-n4cnnn4)ccc3O)C2)CCC1=O. The summed E-state index contributed by atoms with van der Waals surface area (Å²) >= 11 is 0. The number of aromatic nitrogens is 4. The van der Waals surface area contributed by atoms with E-state index in [1.54, 1.807) is 12.1 Å². The van der Waals surface area contributed by atoms with Crippen molar-refractivity contribution >= 4 is 11.8 Å². The van der Waals surface area contributed by atoms with Crippen LogP contribution in [0.1, 0.15) is 43.0 Å². The first-order valence-corrected chi connectivity index (χ1v) is 9.65.